The van der Waals surface area contributed by atoms with E-state index in [2.05, 4.69) is 6.08 Å². The molecule has 0 aromatic carbocycles. The van der Waals surface area contributed by atoms with Crippen LogP contribution in [0.5, 0.6) is 0 Å². The van der Waals surface area contributed by atoms with Gasteiger partial charge in [-0.05, 0) is 25.7 Å². The molecular weight excluding hydrogens is 160 g/mol. The second-order valence-electron chi connectivity index (χ2n) is 3.23. The summed E-state index contributed by atoms with van der Waals surface area (Å²) in [7, 11) is 0. The first-order valence-corrected chi connectivity index (χ1v) is 4.30. The van der Waals surface area contributed by atoms with E-state index in [1.165, 1.54) is 0 Å². The minimum atomic E-state index is -0.616. The van der Waals surface area contributed by atoms with E-state index in [0.29, 0.717) is 6.42 Å². The maximum Gasteiger partial charge on any atom is 0.151 e. The number of hydrogen-bond acceptors (Lipinski definition) is 1. The summed E-state index contributed by atoms with van der Waals surface area (Å²) in [6, 6.07) is 0. The molecule has 2 unspecified atom stereocenters. The van der Waals surface area contributed by atoms with Crippen molar-refractivity contribution in [3.8, 4) is 0 Å². The molecule has 1 nitrogen and oxygen atoms in total. The summed E-state index contributed by atoms with van der Waals surface area (Å²) in [5.74, 6) is 0.364. The lowest BCUT2D eigenvalue weighted by Crippen LogP contribution is -2.38. The van der Waals surface area contributed by atoms with Crippen LogP contribution in [0.4, 0.5) is 0 Å². The molecule has 0 bridgehead atoms. The first kappa shape index (κ1) is 8.79. The Morgan fingerprint density at radius 2 is 2.27 bits per heavy atom. The van der Waals surface area contributed by atoms with Crippen LogP contribution in [0.3, 0.4) is 0 Å². The van der Waals surface area contributed by atoms with E-state index in [0.717, 1.165) is 6.42 Å². The lowest BCUT2D eigenvalue weighted by atomic mass is 9.81. The van der Waals surface area contributed by atoms with Gasteiger partial charge in [0.2, 0.25) is 0 Å². The molecule has 0 N–H and O–H groups in total. The van der Waals surface area contributed by atoms with Crippen LogP contribution in [0.1, 0.15) is 26.7 Å². The number of rotatable bonds is 1. The van der Waals surface area contributed by atoms with E-state index in [-0.39, 0.29) is 11.7 Å². The number of carbonyl (C=O) groups excluding carboxylic acids is 1. The van der Waals surface area contributed by atoms with Crippen LogP contribution in [0, 0.1) is 5.92 Å². The number of allylic oxidation sites excluding steroid dienone is 2. The second kappa shape index (κ2) is 2.98. The average molecular weight is 173 g/mol. The molecule has 0 spiro atoms. The fourth-order valence-corrected chi connectivity index (χ4v) is 1.61. The number of halogens is 1. The van der Waals surface area contributed by atoms with Crippen LogP contribution in [0.2, 0.25) is 0 Å². The fraction of sp³-hybridized carbons (Fsp3) is 0.667. The number of ketones is 1. The van der Waals surface area contributed by atoms with Crippen molar-refractivity contribution in [3.63, 3.8) is 0 Å². The lowest BCUT2D eigenvalue weighted by Gasteiger charge is -2.31. The SMILES string of the molecule is CC(=O)C1(Cl)CC=CCC1C. The van der Waals surface area contributed by atoms with Crippen LogP contribution in [-0.4, -0.2) is 10.7 Å². The van der Waals surface area contributed by atoms with E-state index < -0.39 is 4.87 Å². The molecule has 0 radical (unpaired) electrons. The van der Waals surface area contributed by atoms with Gasteiger partial charge in [0, 0.05) is 0 Å². The molecule has 1 aliphatic rings. The van der Waals surface area contributed by atoms with Crippen LogP contribution in [0.25, 0.3) is 0 Å². The van der Waals surface area contributed by atoms with Gasteiger partial charge in [-0.3, -0.25) is 4.79 Å². The van der Waals surface area contributed by atoms with E-state index in [1.807, 2.05) is 13.0 Å². The third kappa shape index (κ3) is 1.48. The number of alkyl halides is 1. The minimum absolute atomic E-state index is 0.0935. The van der Waals surface area contributed by atoms with Gasteiger partial charge in [0.15, 0.2) is 5.78 Å². The third-order valence-electron chi connectivity index (χ3n) is 2.44. The topological polar surface area (TPSA) is 17.1 Å². The van der Waals surface area contributed by atoms with Crippen molar-refractivity contribution in [2.24, 2.45) is 5.92 Å². The molecule has 1 rings (SSSR count). The van der Waals surface area contributed by atoms with Crippen molar-refractivity contribution in [1.82, 2.24) is 0 Å². The molecule has 0 amide bonds. The van der Waals surface area contributed by atoms with Gasteiger partial charge < -0.3 is 0 Å². The zero-order chi connectivity index (χ0) is 8.48. The number of Topliss-reactive ketones (excluding diaryl/α,β-unsaturated/α-hetero) is 1. The Kier molecular flexibility index (Phi) is 2.38. The van der Waals surface area contributed by atoms with Crippen molar-refractivity contribution >= 4 is 17.4 Å². The quantitative estimate of drug-likeness (QED) is 0.439. The van der Waals surface area contributed by atoms with E-state index in [9.17, 15) is 4.79 Å². The normalized spacial score (nSPS) is 37.2. The summed E-state index contributed by atoms with van der Waals surface area (Å²) < 4.78 is 0. The van der Waals surface area contributed by atoms with Crippen LogP contribution < -0.4 is 0 Å². The monoisotopic (exact) mass is 172 g/mol. The van der Waals surface area contributed by atoms with E-state index in [1.54, 1.807) is 6.92 Å². The Morgan fingerprint density at radius 3 is 2.64 bits per heavy atom. The van der Waals surface area contributed by atoms with Crippen LogP contribution in [-0.2, 0) is 4.79 Å². The third-order valence-corrected chi connectivity index (χ3v) is 3.23. The maximum atomic E-state index is 11.2. The molecule has 0 aromatic rings. The van der Waals surface area contributed by atoms with Crippen LogP contribution >= 0.6 is 11.6 Å². The zero-order valence-electron chi connectivity index (χ0n) is 6.93. The van der Waals surface area contributed by atoms with Gasteiger partial charge in [-0.1, -0.05) is 19.1 Å². The predicted octanol–water partition coefficient (Wildman–Crippen LogP) is 2.54. The smallest absolute Gasteiger partial charge is 0.151 e. The molecule has 0 fully saturated rings. The molecule has 2 atom stereocenters. The second-order valence-corrected chi connectivity index (χ2v) is 3.91. The lowest BCUT2D eigenvalue weighted by molar-refractivity contribution is -0.120. The highest BCUT2D eigenvalue weighted by atomic mass is 35.5. The number of hydrogen-bond donors (Lipinski definition) is 0. The summed E-state index contributed by atoms with van der Waals surface area (Å²) in [4.78, 5) is 10.5. The van der Waals surface area contributed by atoms with E-state index in [4.69, 9.17) is 11.6 Å². The molecule has 11 heavy (non-hydrogen) atoms. The molecule has 0 saturated heterocycles. The number of carbonyl (C=O) groups is 1. The predicted molar refractivity (Wildman–Crippen MR) is 46.8 cm³/mol. The molecule has 1 aliphatic carbocycles. The minimum Gasteiger partial charge on any atom is -0.298 e. The summed E-state index contributed by atoms with van der Waals surface area (Å²) in [6.45, 7) is 3.60. The Hall–Kier alpha value is -0.300. The Balaban J connectivity index is 2.84. The molecule has 2 heteroatoms. The first-order valence-electron chi connectivity index (χ1n) is 3.92. The first-order chi connectivity index (χ1) is 5.07. The standard InChI is InChI=1S/C9H13ClO/c1-7-5-3-4-6-9(7,10)8(2)11/h3-4,7H,5-6H2,1-2H3. The summed E-state index contributed by atoms with van der Waals surface area (Å²) in [6.07, 6.45) is 5.69. The van der Waals surface area contributed by atoms with Crippen molar-refractivity contribution in [2.75, 3.05) is 0 Å². The molecule has 0 heterocycles. The molecule has 62 valence electrons. The average Bonchev–Trinajstić information content (AvgIpc) is 1.95. The molecule has 0 aliphatic heterocycles. The van der Waals surface area contributed by atoms with Crippen molar-refractivity contribution < 1.29 is 4.79 Å². The highest BCUT2D eigenvalue weighted by Gasteiger charge is 2.38. The van der Waals surface area contributed by atoms with Gasteiger partial charge in [0.05, 0.1) is 0 Å². The van der Waals surface area contributed by atoms with Gasteiger partial charge in [0.1, 0.15) is 4.87 Å². The molecule has 0 aromatic heterocycles. The van der Waals surface area contributed by atoms with Gasteiger partial charge in [-0.15, -0.1) is 11.6 Å². The molecule has 0 saturated carbocycles. The van der Waals surface area contributed by atoms with Crippen molar-refractivity contribution in [1.29, 1.82) is 0 Å². The van der Waals surface area contributed by atoms with Gasteiger partial charge in [0.25, 0.3) is 0 Å². The maximum absolute atomic E-state index is 11.2. The van der Waals surface area contributed by atoms with Gasteiger partial charge >= 0.3 is 0 Å². The van der Waals surface area contributed by atoms with Crippen molar-refractivity contribution in [3.05, 3.63) is 12.2 Å². The fourth-order valence-electron chi connectivity index (χ4n) is 1.43. The summed E-state index contributed by atoms with van der Waals surface area (Å²) >= 11 is 6.16. The zero-order valence-corrected chi connectivity index (χ0v) is 7.69. The highest BCUT2D eigenvalue weighted by Crippen LogP contribution is 2.36. The van der Waals surface area contributed by atoms with E-state index >= 15 is 0 Å². The van der Waals surface area contributed by atoms with Crippen LogP contribution in [0.15, 0.2) is 12.2 Å². The largest absolute Gasteiger partial charge is 0.298 e. The summed E-state index contributed by atoms with van der Waals surface area (Å²) in [5, 5.41) is 0. The molecular formula is C9H13ClO. The van der Waals surface area contributed by atoms with Gasteiger partial charge in [-0.2, -0.15) is 0 Å². The Bertz CT molecular complexity index is 198. The Labute approximate surface area is 72.4 Å². The van der Waals surface area contributed by atoms with Crippen molar-refractivity contribution in [2.45, 2.75) is 31.6 Å². The van der Waals surface area contributed by atoms with Gasteiger partial charge in [-0.25, -0.2) is 0 Å². The Morgan fingerprint density at radius 1 is 1.64 bits per heavy atom. The highest BCUT2D eigenvalue weighted by molar-refractivity contribution is 6.35. The summed E-state index contributed by atoms with van der Waals surface area (Å²) in [5.41, 5.74) is 0.